The number of hydrogen-bond acceptors (Lipinski definition) is 3. The van der Waals surface area contributed by atoms with Crippen molar-refractivity contribution in [1.82, 2.24) is 5.32 Å². The Kier molecular flexibility index (Phi) is 4.21. The average molecular weight is 338 g/mol. The third-order valence-corrected chi connectivity index (χ3v) is 5.03. The van der Waals surface area contributed by atoms with Crippen LogP contribution in [0.5, 0.6) is 5.75 Å². The maximum absolute atomic E-state index is 5.69. The molecule has 1 aliphatic rings. The van der Waals surface area contributed by atoms with Gasteiger partial charge in [-0.2, -0.15) is 0 Å². The molecule has 1 atom stereocenters. The highest BCUT2D eigenvalue weighted by Gasteiger charge is 2.20. The summed E-state index contributed by atoms with van der Waals surface area (Å²) in [6, 6.07) is 12.7. The van der Waals surface area contributed by atoms with Gasteiger partial charge < -0.3 is 10.1 Å². The van der Waals surface area contributed by atoms with Crippen LogP contribution in [-0.4, -0.2) is 13.2 Å². The first-order valence-corrected chi connectivity index (χ1v) is 8.10. The zero-order valence-corrected chi connectivity index (χ0v) is 13.0. The maximum atomic E-state index is 5.69. The Morgan fingerprint density at radius 2 is 2.16 bits per heavy atom. The number of hydrogen-bond donors (Lipinski definition) is 1. The third-order valence-electron chi connectivity index (χ3n) is 3.40. The van der Waals surface area contributed by atoms with Crippen molar-refractivity contribution in [2.24, 2.45) is 0 Å². The molecule has 0 radical (unpaired) electrons. The molecule has 0 bridgehead atoms. The van der Waals surface area contributed by atoms with Crippen LogP contribution >= 0.6 is 27.3 Å². The van der Waals surface area contributed by atoms with Crippen LogP contribution in [0.1, 0.15) is 22.8 Å². The molecule has 0 amide bonds. The number of halogens is 1. The fourth-order valence-corrected chi connectivity index (χ4v) is 3.90. The van der Waals surface area contributed by atoms with Crippen LogP contribution in [0, 0.1) is 0 Å². The van der Waals surface area contributed by atoms with E-state index in [2.05, 4.69) is 51.6 Å². The van der Waals surface area contributed by atoms with Gasteiger partial charge in [0.1, 0.15) is 5.75 Å². The Labute approximate surface area is 125 Å². The van der Waals surface area contributed by atoms with Crippen molar-refractivity contribution in [3.8, 4) is 5.75 Å². The summed E-state index contributed by atoms with van der Waals surface area (Å²) in [6.07, 6.45) is 1.10. The number of fused-ring (bicyclic) bond motifs is 1. The first-order chi connectivity index (χ1) is 9.33. The molecular formula is C15H16BrNOS. The molecule has 0 saturated heterocycles. The summed E-state index contributed by atoms with van der Waals surface area (Å²) in [5, 5.41) is 3.56. The van der Waals surface area contributed by atoms with E-state index in [1.165, 1.54) is 14.2 Å². The Balaban J connectivity index is 1.59. The van der Waals surface area contributed by atoms with E-state index in [1.54, 1.807) is 11.3 Å². The molecular weight excluding hydrogens is 322 g/mol. The lowest BCUT2D eigenvalue weighted by atomic mass is 9.93. The van der Waals surface area contributed by atoms with Crippen molar-refractivity contribution in [3.05, 3.63) is 50.6 Å². The van der Waals surface area contributed by atoms with E-state index in [9.17, 15) is 0 Å². The van der Waals surface area contributed by atoms with Gasteiger partial charge in [0.2, 0.25) is 0 Å². The maximum Gasteiger partial charge on any atom is 0.122 e. The van der Waals surface area contributed by atoms with Crippen molar-refractivity contribution in [2.75, 3.05) is 13.2 Å². The van der Waals surface area contributed by atoms with Gasteiger partial charge in [0.05, 0.1) is 10.4 Å². The Hall–Kier alpha value is -0.840. The number of ether oxygens (including phenoxy) is 1. The number of benzene rings is 1. The average Bonchev–Trinajstić information content (AvgIpc) is 2.85. The first-order valence-electron chi connectivity index (χ1n) is 6.49. The Bertz CT molecular complexity index is 555. The largest absolute Gasteiger partial charge is 0.493 e. The molecule has 1 unspecified atom stereocenters. The van der Waals surface area contributed by atoms with Gasteiger partial charge in [0, 0.05) is 23.9 Å². The van der Waals surface area contributed by atoms with Gasteiger partial charge in [-0.15, -0.1) is 11.3 Å². The minimum atomic E-state index is 0.563. The van der Waals surface area contributed by atoms with Crippen molar-refractivity contribution < 1.29 is 4.74 Å². The molecule has 1 aromatic heterocycles. The zero-order chi connectivity index (χ0) is 13.1. The molecule has 0 fully saturated rings. The summed E-state index contributed by atoms with van der Waals surface area (Å²) in [6.45, 7) is 2.78. The smallest absolute Gasteiger partial charge is 0.122 e. The number of thiophene rings is 1. The predicted octanol–water partition coefficient (Wildman–Crippen LogP) is 4.17. The van der Waals surface area contributed by atoms with E-state index in [0.29, 0.717) is 5.92 Å². The standard InChI is InChI=1S/C15H16BrNOS/c16-15-6-5-12(19-15)10-17-9-11-7-8-18-14-4-2-1-3-13(11)14/h1-6,11,17H,7-10H2. The fraction of sp³-hybridized carbons (Fsp3) is 0.333. The SMILES string of the molecule is Brc1ccc(CNCC2CCOc3ccccc32)s1. The van der Waals surface area contributed by atoms with Gasteiger partial charge in [-0.3, -0.25) is 0 Å². The second kappa shape index (κ2) is 6.07. The van der Waals surface area contributed by atoms with Gasteiger partial charge in [-0.1, -0.05) is 18.2 Å². The second-order valence-corrected chi connectivity index (χ2v) is 7.26. The van der Waals surface area contributed by atoms with E-state index in [1.807, 2.05) is 6.07 Å². The van der Waals surface area contributed by atoms with Crippen LogP contribution in [-0.2, 0) is 6.54 Å². The molecule has 0 spiro atoms. The highest BCUT2D eigenvalue weighted by Crippen LogP contribution is 2.32. The molecule has 1 aliphatic heterocycles. The van der Waals surface area contributed by atoms with Crippen molar-refractivity contribution in [1.29, 1.82) is 0 Å². The minimum absolute atomic E-state index is 0.563. The molecule has 1 aromatic carbocycles. The molecule has 1 N–H and O–H groups in total. The molecule has 2 heterocycles. The van der Waals surface area contributed by atoms with E-state index >= 15 is 0 Å². The molecule has 19 heavy (non-hydrogen) atoms. The highest BCUT2D eigenvalue weighted by molar-refractivity contribution is 9.11. The van der Waals surface area contributed by atoms with E-state index < -0.39 is 0 Å². The Morgan fingerprint density at radius 1 is 1.26 bits per heavy atom. The lowest BCUT2D eigenvalue weighted by Gasteiger charge is -2.26. The van der Waals surface area contributed by atoms with Crippen LogP contribution in [0.25, 0.3) is 0 Å². The quantitative estimate of drug-likeness (QED) is 0.904. The molecule has 2 aromatic rings. The van der Waals surface area contributed by atoms with Gasteiger partial charge >= 0.3 is 0 Å². The minimum Gasteiger partial charge on any atom is -0.493 e. The zero-order valence-electron chi connectivity index (χ0n) is 10.6. The predicted molar refractivity (Wildman–Crippen MR) is 83.0 cm³/mol. The second-order valence-electron chi connectivity index (χ2n) is 4.71. The molecule has 0 saturated carbocycles. The van der Waals surface area contributed by atoms with Crippen LogP contribution in [0.3, 0.4) is 0 Å². The van der Waals surface area contributed by atoms with E-state index in [0.717, 1.165) is 31.9 Å². The van der Waals surface area contributed by atoms with E-state index in [-0.39, 0.29) is 0 Å². The van der Waals surface area contributed by atoms with Crippen LogP contribution in [0.15, 0.2) is 40.2 Å². The normalized spacial score (nSPS) is 17.8. The first kappa shape index (κ1) is 13.2. The Morgan fingerprint density at radius 3 is 3.00 bits per heavy atom. The van der Waals surface area contributed by atoms with Crippen LogP contribution < -0.4 is 10.1 Å². The lowest BCUT2D eigenvalue weighted by molar-refractivity contribution is 0.264. The third kappa shape index (κ3) is 3.19. The summed E-state index contributed by atoms with van der Waals surface area (Å²) >= 11 is 5.29. The fourth-order valence-electron chi connectivity index (χ4n) is 2.44. The number of para-hydroxylation sites is 1. The van der Waals surface area contributed by atoms with Gasteiger partial charge in [-0.05, 0) is 46.1 Å². The topological polar surface area (TPSA) is 21.3 Å². The van der Waals surface area contributed by atoms with Crippen molar-refractivity contribution in [2.45, 2.75) is 18.9 Å². The summed E-state index contributed by atoms with van der Waals surface area (Å²) in [5.41, 5.74) is 1.34. The lowest BCUT2D eigenvalue weighted by Crippen LogP contribution is -2.25. The summed E-state index contributed by atoms with van der Waals surface area (Å²) < 4.78 is 6.88. The number of rotatable bonds is 4. The van der Waals surface area contributed by atoms with Gasteiger partial charge in [-0.25, -0.2) is 0 Å². The summed E-state index contributed by atoms with van der Waals surface area (Å²) in [7, 11) is 0. The molecule has 100 valence electrons. The molecule has 0 aliphatic carbocycles. The molecule has 3 rings (SSSR count). The van der Waals surface area contributed by atoms with Crippen LogP contribution in [0.2, 0.25) is 0 Å². The van der Waals surface area contributed by atoms with Crippen LogP contribution in [0.4, 0.5) is 0 Å². The van der Waals surface area contributed by atoms with E-state index in [4.69, 9.17) is 4.74 Å². The van der Waals surface area contributed by atoms with Crippen molar-refractivity contribution in [3.63, 3.8) is 0 Å². The summed E-state index contributed by atoms with van der Waals surface area (Å²) in [4.78, 5) is 1.37. The monoisotopic (exact) mass is 337 g/mol. The van der Waals surface area contributed by atoms with Crippen molar-refractivity contribution >= 4 is 27.3 Å². The number of nitrogens with one attached hydrogen (secondary N) is 1. The summed E-state index contributed by atoms with van der Waals surface area (Å²) in [5.74, 6) is 1.62. The van der Waals surface area contributed by atoms with Gasteiger partial charge in [0.15, 0.2) is 0 Å². The highest BCUT2D eigenvalue weighted by atomic mass is 79.9. The molecule has 4 heteroatoms. The van der Waals surface area contributed by atoms with Gasteiger partial charge in [0.25, 0.3) is 0 Å². The molecule has 2 nitrogen and oxygen atoms in total.